The van der Waals surface area contributed by atoms with E-state index in [1.165, 1.54) is 12.8 Å². The van der Waals surface area contributed by atoms with Crippen LogP contribution in [0.25, 0.3) is 0 Å². The summed E-state index contributed by atoms with van der Waals surface area (Å²) in [7, 11) is 1.57. The molecule has 1 saturated carbocycles. The molecule has 0 unspecified atom stereocenters. The van der Waals surface area contributed by atoms with Crippen molar-refractivity contribution in [2.45, 2.75) is 31.7 Å². The number of anilines is 1. The van der Waals surface area contributed by atoms with Gasteiger partial charge in [0, 0.05) is 18.2 Å². The fourth-order valence-corrected chi connectivity index (χ4v) is 2.79. The van der Waals surface area contributed by atoms with Crippen molar-refractivity contribution < 1.29 is 9.53 Å². The van der Waals surface area contributed by atoms with Crippen molar-refractivity contribution >= 4 is 11.6 Å². The van der Waals surface area contributed by atoms with Gasteiger partial charge in [-0.25, -0.2) is 0 Å². The van der Waals surface area contributed by atoms with Crippen LogP contribution in [0.15, 0.2) is 30.9 Å². The summed E-state index contributed by atoms with van der Waals surface area (Å²) in [5, 5.41) is 0. The minimum Gasteiger partial charge on any atom is -0.495 e. The Labute approximate surface area is 120 Å². The van der Waals surface area contributed by atoms with Gasteiger partial charge >= 0.3 is 0 Å². The van der Waals surface area contributed by atoms with Gasteiger partial charge in [-0.1, -0.05) is 18.9 Å². The number of ether oxygens (including phenoxy) is 1. The molecule has 0 radical (unpaired) electrons. The maximum Gasteiger partial charge on any atom is 0.254 e. The highest BCUT2D eigenvalue weighted by Crippen LogP contribution is 2.27. The molecular formula is C16H22N2O2. The van der Waals surface area contributed by atoms with Gasteiger partial charge in [0.25, 0.3) is 5.91 Å². The summed E-state index contributed by atoms with van der Waals surface area (Å²) in [6, 6.07) is 5.52. The molecule has 0 spiro atoms. The third kappa shape index (κ3) is 2.95. The Hall–Kier alpha value is -1.97. The molecule has 4 heteroatoms. The predicted molar refractivity (Wildman–Crippen MR) is 80.9 cm³/mol. The van der Waals surface area contributed by atoms with E-state index in [0.717, 1.165) is 12.8 Å². The molecule has 1 aliphatic carbocycles. The van der Waals surface area contributed by atoms with Crippen molar-refractivity contribution in [3.8, 4) is 5.75 Å². The molecule has 2 N–H and O–H groups in total. The third-order valence-corrected chi connectivity index (χ3v) is 3.83. The number of hydrogen-bond donors (Lipinski definition) is 1. The van der Waals surface area contributed by atoms with Gasteiger partial charge in [0.05, 0.1) is 12.8 Å². The Morgan fingerprint density at radius 1 is 1.50 bits per heavy atom. The molecule has 20 heavy (non-hydrogen) atoms. The van der Waals surface area contributed by atoms with Gasteiger partial charge in [-0.2, -0.15) is 0 Å². The zero-order chi connectivity index (χ0) is 14.5. The first kappa shape index (κ1) is 14.4. The Kier molecular flexibility index (Phi) is 4.66. The van der Waals surface area contributed by atoms with Gasteiger partial charge in [0.15, 0.2) is 0 Å². The average molecular weight is 274 g/mol. The fourth-order valence-electron chi connectivity index (χ4n) is 2.79. The third-order valence-electron chi connectivity index (χ3n) is 3.83. The number of nitrogens with two attached hydrogens (primary N) is 1. The molecule has 4 nitrogen and oxygen atoms in total. The molecule has 1 aromatic carbocycles. The van der Waals surface area contributed by atoms with Crippen molar-refractivity contribution in [2.24, 2.45) is 0 Å². The summed E-state index contributed by atoms with van der Waals surface area (Å²) >= 11 is 0. The number of rotatable bonds is 5. The van der Waals surface area contributed by atoms with Crippen LogP contribution in [0.4, 0.5) is 5.69 Å². The first-order valence-electron chi connectivity index (χ1n) is 7.02. The molecule has 0 aliphatic heterocycles. The average Bonchev–Trinajstić information content (AvgIpc) is 2.97. The summed E-state index contributed by atoms with van der Waals surface area (Å²) in [5.74, 6) is 0.615. The normalized spacial score (nSPS) is 15.1. The summed E-state index contributed by atoms with van der Waals surface area (Å²) < 4.78 is 5.12. The molecule has 0 saturated heterocycles. The standard InChI is InChI=1S/C16H22N2O2/c1-3-10-18(13-6-4-5-7-13)16(19)12-8-9-15(20-2)14(17)11-12/h3,8-9,11,13H,1,4-7,10,17H2,2H3. The lowest BCUT2D eigenvalue weighted by Gasteiger charge is -2.28. The van der Waals surface area contributed by atoms with Crippen LogP contribution in [0.3, 0.4) is 0 Å². The maximum atomic E-state index is 12.7. The molecule has 2 rings (SSSR count). The topological polar surface area (TPSA) is 55.6 Å². The number of amides is 1. The first-order valence-corrected chi connectivity index (χ1v) is 7.02. The number of carbonyl (C=O) groups is 1. The highest BCUT2D eigenvalue weighted by molar-refractivity contribution is 5.95. The first-order chi connectivity index (χ1) is 9.67. The second kappa shape index (κ2) is 6.46. The number of carbonyl (C=O) groups excluding carboxylic acids is 1. The number of nitrogens with zero attached hydrogens (tertiary/aromatic N) is 1. The predicted octanol–water partition coefficient (Wildman–Crippen LogP) is 2.85. The summed E-state index contributed by atoms with van der Waals surface area (Å²) in [4.78, 5) is 14.6. The van der Waals surface area contributed by atoms with Crippen molar-refractivity contribution in [2.75, 3.05) is 19.4 Å². The second-order valence-electron chi connectivity index (χ2n) is 5.14. The Balaban J connectivity index is 2.22. The molecule has 0 bridgehead atoms. The van der Waals surface area contributed by atoms with Gasteiger partial charge < -0.3 is 15.4 Å². The van der Waals surface area contributed by atoms with E-state index in [1.807, 2.05) is 4.90 Å². The van der Waals surface area contributed by atoms with Gasteiger partial charge in [-0.15, -0.1) is 6.58 Å². The lowest BCUT2D eigenvalue weighted by atomic mass is 10.1. The van der Waals surface area contributed by atoms with E-state index in [9.17, 15) is 4.79 Å². The molecule has 0 heterocycles. The largest absolute Gasteiger partial charge is 0.495 e. The van der Waals surface area contributed by atoms with Crippen LogP contribution in [-0.4, -0.2) is 30.5 Å². The van der Waals surface area contributed by atoms with E-state index in [0.29, 0.717) is 29.6 Å². The minimum atomic E-state index is 0.0196. The molecule has 1 aliphatic rings. The summed E-state index contributed by atoms with van der Waals surface area (Å²) in [6.45, 7) is 4.33. The number of nitrogen functional groups attached to an aromatic ring is 1. The number of benzene rings is 1. The lowest BCUT2D eigenvalue weighted by molar-refractivity contribution is 0.0706. The van der Waals surface area contributed by atoms with Crippen LogP contribution in [0, 0.1) is 0 Å². The number of hydrogen-bond acceptors (Lipinski definition) is 3. The van der Waals surface area contributed by atoms with Gasteiger partial charge in [-0.3, -0.25) is 4.79 Å². The van der Waals surface area contributed by atoms with Gasteiger partial charge in [0.1, 0.15) is 5.75 Å². The minimum absolute atomic E-state index is 0.0196. The quantitative estimate of drug-likeness (QED) is 0.663. The SMILES string of the molecule is C=CCN(C(=O)c1ccc(OC)c(N)c1)C1CCCC1. The molecule has 1 aromatic rings. The monoisotopic (exact) mass is 274 g/mol. The van der Waals surface area contributed by atoms with Crippen LogP contribution >= 0.6 is 0 Å². The van der Waals surface area contributed by atoms with Crippen molar-refractivity contribution in [3.63, 3.8) is 0 Å². The zero-order valence-corrected chi connectivity index (χ0v) is 12.0. The highest BCUT2D eigenvalue weighted by Gasteiger charge is 2.26. The maximum absolute atomic E-state index is 12.7. The number of methoxy groups -OCH3 is 1. The highest BCUT2D eigenvalue weighted by atomic mass is 16.5. The lowest BCUT2D eigenvalue weighted by Crippen LogP contribution is -2.38. The second-order valence-corrected chi connectivity index (χ2v) is 5.14. The Morgan fingerprint density at radius 2 is 2.20 bits per heavy atom. The summed E-state index contributed by atoms with van der Waals surface area (Å²) in [5.41, 5.74) is 6.98. The Morgan fingerprint density at radius 3 is 2.75 bits per heavy atom. The fraction of sp³-hybridized carbons (Fsp3) is 0.438. The molecular weight excluding hydrogens is 252 g/mol. The zero-order valence-electron chi connectivity index (χ0n) is 12.0. The van der Waals surface area contributed by atoms with E-state index in [2.05, 4.69) is 6.58 Å². The van der Waals surface area contributed by atoms with Gasteiger partial charge in [0.2, 0.25) is 0 Å². The van der Waals surface area contributed by atoms with Crippen molar-refractivity contribution in [1.29, 1.82) is 0 Å². The Bertz CT molecular complexity index is 493. The van der Waals surface area contributed by atoms with Crippen LogP contribution in [-0.2, 0) is 0 Å². The van der Waals surface area contributed by atoms with Crippen molar-refractivity contribution in [1.82, 2.24) is 4.90 Å². The van der Waals surface area contributed by atoms with Gasteiger partial charge in [-0.05, 0) is 31.0 Å². The van der Waals surface area contributed by atoms with E-state index in [-0.39, 0.29) is 5.91 Å². The van der Waals surface area contributed by atoms with Crippen LogP contribution in [0.1, 0.15) is 36.0 Å². The molecule has 1 amide bonds. The van der Waals surface area contributed by atoms with E-state index in [1.54, 1.807) is 31.4 Å². The van der Waals surface area contributed by atoms with E-state index >= 15 is 0 Å². The molecule has 0 atom stereocenters. The van der Waals surface area contributed by atoms with Crippen molar-refractivity contribution in [3.05, 3.63) is 36.4 Å². The molecule has 108 valence electrons. The van der Waals surface area contributed by atoms with Crippen LogP contribution in [0.2, 0.25) is 0 Å². The van der Waals surface area contributed by atoms with E-state index < -0.39 is 0 Å². The van der Waals surface area contributed by atoms with Crippen LogP contribution in [0.5, 0.6) is 5.75 Å². The summed E-state index contributed by atoms with van der Waals surface area (Å²) in [6.07, 6.45) is 6.31. The smallest absolute Gasteiger partial charge is 0.254 e. The van der Waals surface area contributed by atoms with Crippen LogP contribution < -0.4 is 10.5 Å². The molecule has 1 fully saturated rings. The molecule has 0 aromatic heterocycles. The van der Waals surface area contributed by atoms with E-state index in [4.69, 9.17) is 10.5 Å².